The Morgan fingerprint density at radius 3 is 1.96 bits per heavy atom. The monoisotopic (exact) mass is 357 g/mol. The zero-order valence-corrected chi connectivity index (χ0v) is 15.2. The summed E-state index contributed by atoms with van der Waals surface area (Å²) in [5.74, 6) is 0. The van der Waals surface area contributed by atoms with Crippen molar-refractivity contribution in [2.45, 2.75) is 0 Å². The second kappa shape index (κ2) is 11.0. The molecule has 1 heterocycles. The minimum absolute atomic E-state index is 0.598. The average Bonchev–Trinajstić information content (AvgIpc) is 3.20. The van der Waals surface area contributed by atoms with Gasteiger partial charge in [-0.05, 0) is 29.8 Å². The van der Waals surface area contributed by atoms with Gasteiger partial charge in [-0.15, -0.1) is 5.73 Å². The van der Waals surface area contributed by atoms with Crippen LogP contribution in [0.3, 0.4) is 0 Å². The molecule has 5 heteroatoms. The van der Waals surface area contributed by atoms with Gasteiger partial charge in [0.15, 0.2) is 0 Å². The van der Waals surface area contributed by atoms with Gasteiger partial charge < -0.3 is 23.8 Å². The standard InChI is InChI=1S/C21H27NO4/c1-2-5-19(4-1)20-6-3-7-21(18-20)22-8-10-23-12-14-25-16-17-26-15-13-24-11-9-22/h1-4,6-7,18H,8-17H2. The molecule has 140 valence electrons. The molecule has 0 radical (unpaired) electrons. The summed E-state index contributed by atoms with van der Waals surface area (Å²) in [6.45, 7) is 6.55. The molecule has 0 atom stereocenters. The highest BCUT2D eigenvalue weighted by molar-refractivity contribution is 5.78. The van der Waals surface area contributed by atoms with Crippen LogP contribution in [0, 0.1) is 0 Å². The Kier molecular flexibility index (Phi) is 7.97. The summed E-state index contributed by atoms with van der Waals surface area (Å²) in [6, 6.07) is 8.54. The van der Waals surface area contributed by atoms with Gasteiger partial charge >= 0.3 is 0 Å². The maximum absolute atomic E-state index is 5.71. The van der Waals surface area contributed by atoms with Gasteiger partial charge in [-0.1, -0.05) is 18.2 Å². The van der Waals surface area contributed by atoms with Crippen molar-refractivity contribution in [2.24, 2.45) is 0 Å². The van der Waals surface area contributed by atoms with Crippen LogP contribution in [-0.4, -0.2) is 65.9 Å². The third kappa shape index (κ3) is 6.13. The SMILES string of the molecule is C1=CC=CC=1c1cccc(N2CCOCCOCCOCCOCC2)c1. The predicted molar refractivity (Wildman–Crippen MR) is 103 cm³/mol. The lowest BCUT2D eigenvalue weighted by Gasteiger charge is -2.25. The summed E-state index contributed by atoms with van der Waals surface area (Å²) in [6.07, 6.45) is 6.04. The molecule has 0 unspecified atom stereocenters. The number of nitrogens with zero attached hydrogens (tertiary/aromatic N) is 1. The van der Waals surface area contributed by atoms with E-state index in [-0.39, 0.29) is 0 Å². The summed E-state index contributed by atoms with van der Waals surface area (Å²) in [5.41, 5.74) is 6.72. The summed E-state index contributed by atoms with van der Waals surface area (Å²) in [4.78, 5) is 2.30. The largest absolute Gasteiger partial charge is 0.377 e. The molecule has 2 aliphatic rings. The van der Waals surface area contributed by atoms with Gasteiger partial charge in [0.1, 0.15) is 0 Å². The van der Waals surface area contributed by atoms with E-state index in [0.717, 1.165) is 18.7 Å². The molecule has 0 N–H and O–H groups in total. The van der Waals surface area contributed by atoms with Crippen molar-refractivity contribution in [3.63, 3.8) is 0 Å². The molecule has 3 rings (SSSR count). The molecule has 0 aromatic heterocycles. The molecule has 0 amide bonds. The molecule has 1 aliphatic heterocycles. The zero-order valence-electron chi connectivity index (χ0n) is 15.2. The number of anilines is 1. The van der Waals surface area contributed by atoms with E-state index in [1.807, 2.05) is 12.2 Å². The Morgan fingerprint density at radius 2 is 1.38 bits per heavy atom. The van der Waals surface area contributed by atoms with Crippen LogP contribution >= 0.6 is 0 Å². The highest BCUT2D eigenvalue weighted by Gasteiger charge is 2.09. The van der Waals surface area contributed by atoms with Crippen LogP contribution in [0.1, 0.15) is 5.56 Å². The lowest BCUT2D eigenvalue weighted by Crippen LogP contribution is -2.31. The van der Waals surface area contributed by atoms with Crippen molar-refractivity contribution < 1.29 is 18.9 Å². The summed E-state index contributed by atoms with van der Waals surface area (Å²) >= 11 is 0. The number of rotatable bonds is 2. The highest BCUT2D eigenvalue weighted by atomic mass is 16.6. The van der Waals surface area contributed by atoms with Crippen LogP contribution in [0.2, 0.25) is 0 Å². The number of ether oxygens (including phenoxy) is 4. The second-order valence-electron chi connectivity index (χ2n) is 6.07. The fourth-order valence-corrected chi connectivity index (χ4v) is 2.86. The molecule has 1 aliphatic carbocycles. The number of hydrogen-bond acceptors (Lipinski definition) is 5. The van der Waals surface area contributed by atoms with E-state index in [4.69, 9.17) is 18.9 Å². The lowest BCUT2D eigenvalue weighted by molar-refractivity contribution is 0.00206. The highest BCUT2D eigenvalue weighted by Crippen LogP contribution is 2.23. The fourth-order valence-electron chi connectivity index (χ4n) is 2.86. The Labute approximate surface area is 155 Å². The minimum Gasteiger partial charge on any atom is -0.377 e. The first-order valence-corrected chi connectivity index (χ1v) is 9.23. The van der Waals surface area contributed by atoms with Crippen LogP contribution in [0.5, 0.6) is 0 Å². The maximum Gasteiger partial charge on any atom is 0.0701 e. The minimum atomic E-state index is 0.598. The van der Waals surface area contributed by atoms with Gasteiger partial charge in [0.25, 0.3) is 0 Å². The molecule has 0 bridgehead atoms. The van der Waals surface area contributed by atoms with Crippen molar-refractivity contribution in [2.75, 3.05) is 70.8 Å². The normalized spacial score (nSPS) is 20.5. The Balaban J connectivity index is 1.63. The molecule has 1 aromatic carbocycles. The average molecular weight is 357 g/mol. The van der Waals surface area contributed by atoms with Crippen LogP contribution in [0.25, 0.3) is 5.57 Å². The molecule has 1 aromatic rings. The van der Waals surface area contributed by atoms with Gasteiger partial charge in [0.2, 0.25) is 0 Å². The zero-order chi connectivity index (χ0) is 17.9. The van der Waals surface area contributed by atoms with Crippen molar-refractivity contribution in [3.8, 4) is 0 Å². The van der Waals surface area contributed by atoms with E-state index < -0.39 is 0 Å². The van der Waals surface area contributed by atoms with E-state index >= 15 is 0 Å². The fraction of sp³-hybridized carbons (Fsp3) is 0.476. The summed E-state index contributed by atoms with van der Waals surface area (Å²) in [5, 5.41) is 0. The van der Waals surface area contributed by atoms with Gasteiger partial charge in [0.05, 0.1) is 52.9 Å². The topological polar surface area (TPSA) is 40.2 Å². The second-order valence-corrected chi connectivity index (χ2v) is 6.07. The number of hydrogen-bond donors (Lipinski definition) is 0. The number of benzene rings is 1. The van der Waals surface area contributed by atoms with Crippen molar-refractivity contribution in [1.82, 2.24) is 0 Å². The molecule has 0 saturated carbocycles. The van der Waals surface area contributed by atoms with Gasteiger partial charge in [0, 0.05) is 24.4 Å². The molecule has 0 spiro atoms. The third-order valence-electron chi connectivity index (χ3n) is 4.25. The molecular weight excluding hydrogens is 330 g/mol. The predicted octanol–water partition coefficient (Wildman–Crippen LogP) is 2.68. The van der Waals surface area contributed by atoms with Crippen LogP contribution in [0.15, 0.2) is 48.2 Å². The van der Waals surface area contributed by atoms with Crippen LogP contribution in [-0.2, 0) is 18.9 Å². The van der Waals surface area contributed by atoms with Crippen molar-refractivity contribution >= 4 is 11.3 Å². The Bertz CT molecular complexity index is 633. The summed E-state index contributed by atoms with van der Waals surface area (Å²) in [7, 11) is 0. The quantitative estimate of drug-likeness (QED) is 0.761. The molecule has 1 fully saturated rings. The number of allylic oxidation sites excluding steroid dienone is 3. The van der Waals surface area contributed by atoms with Gasteiger partial charge in [-0.25, -0.2) is 0 Å². The van der Waals surface area contributed by atoms with E-state index in [0.29, 0.717) is 52.9 Å². The first-order valence-electron chi connectivity index (χ1n) is 9.23. The van der Waals surface area contributed by atoms with E-state index in [1.165, 1.54) is 11.3 Å². The van der Waals surface area contributed by atoms with Crippen LogP contribution < -0.4 is 4.90 Å². The molecule has 5 nitrogen and oxygen atoms in total. The smallest absolute Gasteiger partial charge is 0.0701 e. The van der Waals surface area contributed by atoms with E-state index in [9.17, 15) is 0 Å². The van der Waals surface area contributed by atoms with Gasteiger partial charge in [-0.3, -0.25) is 0 Å². The van der Waals surface area contributed by atoms with E-state index in [2.05, 4.69) is 41.0 Å². The van der Waals surface area contributed by atoms with E-state index in [1.54, 1.807) is 0 Å². The van der Waals surface area contributed by atoms with Crippen molar-refractivity contribution in [3.05, 3.63) is 53.8 Å². The Hall–Kier alpha value is -1.88. The Morgan fingerprint density at radius 1 is 0.769 bits per heavy atom. The third-order valence-corrected chi connectivity index (χ3v) is 4.25. The first-order chi connectivity index (χ1) is 12.9. The first kappa shape index (κ1) is 18.9. The summed E-state index contributed by atoms with van der Waals surface area (Å²) < 4.78 is 22.4. The van der Waals surface area contributed by atoms with Crippen molar-refractivity contribution in [1.29, 1.82) is 0 Å². The van der Waals surface area contributed by atoms with Gasteiger partial charge in [-0.2, -0.15) is 0 Å². The molecular formula is C21H27NO4. The lowest BCUT2D eigenvalue weighted by atomic mass is 10.1. The molecule has 26 heavy (non-hydrogen) atoms. The maximum atomic E-state index is 5.71. The van der Waals surface area contributed by atoms with Crippen LogP contribution in [0.4, 0.5) is 5.69 Å². The molecule has 1 saturated heterocycles.